The van der Waals surface area contributed by atoms with Gasteiger partial charge in [-0.1, -0.05) is 13.8 Å². The van der Waals surface area contributed by atoms with Crippen LogP contribution in [0.4, 0.5) is 8.78 Å². The van der Waals surface area contributed by atoms with E-state index >= 15 is 0 Å². The van der Waals surface area contributed by atoms with Gasteiger partial charge in [-0.05, 0) is 36.6 Å². The van der Waals surface area contributed by atoms with Gasteiger partial charge >= 0.3 is 0 Å². The Morgan fingerprint density at radius 2 is 1.56 bits per heavy atom. The molecule has 2 nitrogen and oxygen atoms in total. The average molecular weight is 248 g/mol. The van der Waals surface area contributed by atoms with Gasteiger partial charge in [0.2, 0.25) is 0 Å². The minimum atomic E-state index is -0.614. The van der Waals surface area contributed by atoms with E-state index in [-0.39, 0.29) is 5.92 Å². The average Bonchev–Trinajstić information content (AvgIpc) is 2.26. The zero-order valence-electron chi connectivity index (χ0n) is 10.5. The fourth-order valence-corrected chi connectivity index (χ4v) is 1.91. The van der Waals surface area contributed by atoms with E-state index in [4.69, 9.17) is 0 Å². The molecule has 1 aromatic heterocycles. The third-order valence-electron chi connectivity index (χ3n) is 2.73. The van der Waals surface area contributed by atoms with Crippen LogP contribution in [0.3, 0.4) is 0 Å². The Morgan fingerprint density at radius 3 is 2.06 bits per heavy atom. The number of aromatic nitrogens is 2. The van der Waals surface area contributed by atoms with Gasteiger partial charge in [-0.15, -0.1) is 0 Å². The van der Waals surface area contributed by atoms with Gasteiger partial charge < -0.3 is 0 Å². The molecular formula is C14H14F2N2. The first-order chi connectivity index (χ1) is 8.47. The first-order valence-electron chi connectivity index (χ1n) is 5.78. The summed E-state index contributed by atoms with van der Waals surface area (Å²) in [5, 5.41) is 8.15. The Morgan fingerprint density at radius 1 is 0.944 bits per heavy atom. The Hall–Kier alpha value is -1.84. The zero-order chi connectivity index (χ0) is 13.3. The van der Waals surface area contributed by atoms with Crippen molar-refractivity contribution in [3.63, 3.8) is 0 Å². The molecule has 0 bridgehead atoms. The van der Waals surface area contributed by atoms with Gasteiger partial charge in [0.05, 0.1) is 11.4 Å². The summed E-state index contributed by atoms with van der Waals surface area (Å²) < 4.78 is 26.3. The summed E-state index contributed by atoms with van der Waals surface area (Å²) in [5.41, 5.74) is 2.75. The minimum absolute atomic E-state index is 0.274. The van der Waals surface area contributed by atoms with Crippen LogP contribution in [-0.4, -0.2) is 10.2 Å². The first-order valence-corrected chi connectivity index (χ1v) is 5.78. The van der Waals surface area contributed by atoms with Crippen molar-refractivity contribution in [2.75, 3.05) is 0 Å². The van der Waals surface area contributed by atoms with Gasteiger partial charge in [0.25, 0.3) is 0 Å². The molecule has 0 amide bonds. The van der Waals surface area contributed by atoms with Crippen molar-refractivity contribution in [2.45, 2.75) is 26.7 Å². The lowest BCUT2D eigenvalue weighted by atomic mass is 10.0. The topological polar surface area (TPSA) is 25.8 Å². The summed E-state index contributed by atoms with van der Waals surface area (Å²) in [6, 6.07) is 5.14. The maximum Gasteiger partial charge on any atom is 0.126 e. The molecule has 0 aliphatic rings. The molecule has 94 valence electrons. The van der Waals surface area contributed by atoms with Crippen molar-refractivity contribution < 1.29 is 8.78 Å². The van der Waals surface area contributed by atoms with Crippen LogP contribution in [0.15, 0.2) is 24.3 Å². The highest BCUT2D eigenvalue weighted by molar-refractivity contribution is 5.59. The van der Waals surface area contributed by atoms with Crippen LogP contribution >= 0.6 is 0 Å². The van der Waals surface area contributed by atoms with Gasteiger partial charge in [0.1, 0.15) is 11.6 Å². The molecule has 1 heterocycles. The summed E-state index contributed by atoms with van der Waals surface area (Å²) in [4.78, 5) is 0. The lowest BCUT2D eigenvalue weighted by molar-refractivity contribution is 0.584. The fourth-order valence-electron chi connectivity index (χ4n) is 1.91. The van der Waals surface area contributed by atoms with Crippen LogP contribution in [-0.2, 0) is 0 Å². The number of nitrogens with zero attached hydrogens (tertiary/aromatic N) is 2. The maximum absolute atomic E-state index is 13.1. The molecule has 18 heavy (non-hydrogen) atoms. The van der Waals surface area contributed by atoms with E-state index in [1.54, 1.807) is 6.07 Å². The molecule has 0 spiro atoms. The number of rotatable bonds is 2. The van der Waals surface area contributed by atoms with Crippen LogP contribution in [0.2, 0.25) is 0 Å². The largest absolute Gasteiger partial charge is 0.207 e. The predicted octanol–water partition coefficient (Wildman–Crippen LogP) is 3.85. The molecule has 0 atom stereocenters. The number of hydrogen-bond acceptors (Lipinski definition) is 2. The van der Waals surface area contributed by atoms with E-state index in [0.29, 0.717) is 11.3 Å². The molecule has 4 heteroatoms. The molecule has 0 N–H and O–H groups in total. The van der Waals surface area contributed by atoms with E-state index < -0.39 is 11.6 Å². The number of benzene rings is 1. The van der Waals surface area contributed by atoms with Crippen molar-refractivity contribution in [2.24, 2.45) is 0 Å². The third kappa shape index (κ3) is 2.53. The first kappa shape index (κ1) is 12.6. The van der Waals surface area contributed by atoms with Crippen LogP contribution in [0, 0.1) is 18.6 Å². The van der Waals surface area contributed by atoms with Gasteiger partial charge in [-0.3, -0.25) is 0 Å². The molecule has 0 aliphatic heterocycles. The molecule has 0 radical (unpaired) electrons. The molecule has 0 saturated heterocycles. The zero-order valence-corrected chi connectivity index (χ0v) is 10.5. The van der Waals surface area contributed by atoms with E-state index in [1.807, 2.05) is 20.8 Å². The van der Waals surface area contributed by atoms with E-state index in [1.165, 1.54) is 12.1 Å². The molecule has 0 unspecified atom stereocenters. The van der Waals surface area contributed by atoms with Crippen molar-refractivity contribution in [1.29, 1.82) is 0 Å². The summed E-state index contributed by atoms with van der Waals surface area (Å²) in [6.07, 6.45) is 0. The van der Waals surface area contributed by atoms with Crippen molar-refractivity contribution >= 4 is 0 Å². The lowest BCUT2D eigenvalue weighted by Crippen LogP contribution is -2.00. The Bertz CT molecular complexity index is 560. The van der Waals surface area contributed by atoms with Crippen LogP contribution in [0.1, 0.15) is 31.0 Å². The molecule has 2 rings (SSSR count). The standard InChI is InChI=1S/C14H14F2N2/c1-8(2)14-9(3)4-13(17-18-14)10-5-11(15)7-12(16)6-10/h4-8H,1-3H3. The SMILES string of the molecule is Cc1cc(-c2cc(F)cc(F)c2)nnc1C(C)C. The van der Waals surface area contributed by atoms with Crippen LogP contribution in [0.25, 0.3) is 11.3 Å². The Balaban J connectivity index is 2.48. The molecule has 1 aromatic carbocycles. The summed E-state index contributed by atoms with van der Waals surface area (Å²) in [7, 11) is 0. The molecule has 0 fully saturated rings. The highest BCUT2D eigenvalue weighted by Gasteiger charge is 2.10. The lowest BCUT2D eigenvalue weighted by Gasteiger charge is -2.09. The second-order valence-electron chi connectivity index (χ2n) is 4.61. The van der Waals surface area contributed by atoms with Gasteiger partial charge in [-0.2, -0.15) is 10.2 Å². The van der Waals surface area contributed by atoms with Gasteiger partial charge in [0, 0.05) is 11.6 Å². The van der Waals surface area contributed by atoms with Crippen LogP contribution in [0.5, 0.6) is 0 Å². The summed E-state index contributed by atoms with van der Waals surface area (Å²) >= 11 is 0. The highest BCUT2D eigenvalue weighted by atomic mass is 19.1. The fraction of sp³-hybridized carbons (Fsp3) is 0.286. The summed E-state index contributed by atoms with van der Waals surface area (Å²) in [5.74, 6) is -0.953. The van der Waals surface area contributed by atoms with Crippen molar-refractivity contribution in [3.05, 3.63) is 47.2 Å². The quantitative estimate of drug-likeness (QED) is 0.806. The monoisotopic (exact) mass is 248 g/mol. The Kier molecular flexibility index (Phi) is 3.36. The predicted molar refractivity (Wildman–Crippen MR) is 66.2 cm³/mol. The summed E-state index contributed by atoms with van der Waals surface area (Å²) in [6.45, 7) is 5.97. The number of halogens is 2. The van der Waals surface area contributed by atoms with Gasteiger partial charge in [0.15, 0.2) is 0 Å². The molecular weight excluding hydrogens is 234 g/mol. The van der Waals surface area contributed by atoms with Crippen molar-refractivity contribution in [3.8, 4) is 11.3 Å². The number of hydrogen-bond donors (Lipinski definition) is 0. The second kappa shape index (κ2) is 4.80. The van der Waals surface area contributed by atoms with Crippen LogP contribution < -0.4 is 0 Å². The van der Waals surface area contributed by atoms with E-state index in [0.717, 1.165) is 17.3 Å². The third-order valence-corrected chi connectivity index (χ3v) is 2.73. The highest BCUT2D eigenvalue weighted by Crippen LogP contribution is 2.23. The van der Waals surface area contributed by atoms with E-state index in [9.17, 15) is 8.78 Å². The molecule has 0 aliphatic carbocycles. The maximum atomic E-state index is 13.1. The smallest absolute Gasteiger partial charge is 0.126 e. The van der Waals surface area contributed by atoms with Crippen molar-refractivity contribution in [1.82, 2.24) is 10.2 Å². The number of aryl methyl sites for hydroxylation is 1. The second-order valence-corrected chi connectivity index (χ2v) is 4.61. The molecule has 2 aromatic rings. The van der Waals surface area contributed by atoms with E-state index in [2.05, 4.69) is 10.2 Å². The minimum Gasteiger partial charge on any atom is -0.207 e. The normalized spacial score (nSPS) is 11.0. The van der Waals surface area contributed by atoms with Gasteiger partial charge in [-0.25, -0.2) is 8.78 Å². The Labute approximate surface area is 105 Å². The molecule has 0 saturated carbocycles.